The summed E-state index contributed by atoms with van der Waals surface area (Å²) in [4.78, 5) is 57.3. The van der Waals surface area contributed by atoms with E-state index in [0.717, 1.165) is 80.1 Å². The zero-order valence-corrected chi connectivity index (χ0v) is 33.1. The molecule has 2 aliphatic heterocycles. The first-order chi connectivity index (χ1) is 26.6. The highest BCUT2D eigenvalue weighted by Gasteiger charge is 2.62. The van der Waals surface area contributed by atoms with Crippen LogP contribution in [0.2, 0.25) is 0 Å². The number of nitrogens with zero attached hydrogens (tertiary/aromatic N) is 6. The van der Waals surface area contributed by atoms with E-state index in [-0.39, 0.29) is 36.4 Å². The van der Waals surface area contributed by atoms with E-state index in [4.69, 9.17) is 29.4 Å². The molecule has 56 heavy (non-hydrogen) atoms. The van der Waals surface area contributed by atoms with E-state index in [1.165, 1.54) is 0 Å². The van der Waals surface area contributed by atoms with E-state index in [9.17, 15) is 9.59 Å². The molecule has 6 aromatic rings. The number of ether oxygens (including phenoxy) is 2. The Kier molecular flexibility index (Phi) is 7.48. The Bertz CT molecular complexity index is 2400. The van der Waals surface area contributed by atoms with Crippen molar-refractivity contribution in [3.63, 3.8) is 0 Å². The van der Waals surface area contributed by atoms with E-state index in [0.29, 0.717) is 23.7 Å². The fourth-order valence-corrected chi connectivity index (χ4v) is 9.47. The zero-order chi connectivity index (χ0) is 39.0. The Labute approximate surface area is 325 Å². The second-order valence-corrected chi connectivity index (χ2v) is 18.4. The number of nitrogens with one attached hydrogen (secondary N) is 2. The largest absolute Gasteiger partial charge is 0.444 e. The Hall–Kier alpha value is -5.52. The number of piperidine rings is 2. The summed E-state index contributed by atoms with van der Waals surface area (Å²) in [6.45, 7) is 15.8. The summed E-state index contributed by atoms with van der Waals surface area (Å²) < 4.78 is 11.6. The summed E-state index contributed by atoms with van der Waals surface area (Å²) in [5.74, 6) is 3.49. The average molecular weight is 753 g/mol. The Morgan fingerprint density at radius 2 is 0.982 bits per heavy atom. The molecule has 2 aliphatic carbocycles. The van der Waals surface area contributed by atoms with Gasteiger partial charge in [-0.1, -0.05) is 26.0 Å². The number of aromatic nitrogens is 6. The number of hydrogen-bond donors (Lipinski definition) is 2. The van der Waals surface area contributed by atoms with Crippen LogP contribution in [0.25, 0.3) is 55.6 Å². The molecule has 0 bridgehead atoms. The summed E-state index contributed by atoms with van der Waals surface area (Å²) >= 11 is 0. The van der Waals surface area contributed by atoms with Crippen LogP contribution in [-0.4, -0.2) is 75.2 Å². The van der Waals surface area contributed by atoms with Gasteiger partial charge >= 0.3 is 12.2 Å². The number of carbonyl (C=O) groups excluding carboxylic acids is 2. The first kappa shape index (κ1) is 34.9. The van der Waals surface area contributed by atoms with Crippen LogP contribution in [0, 0.1) is 23.7 Å². The molecule has 0 unspecified atom stereocenters. The lowest BCUT2D eigenvalue weighted by molar-refractivity contribution is 0.0150. The second-order valence-electron chi connectivity index (χ2n) is 18.4. The van der Waals surface area contributed by atoms with E-state index in [1.807, 2.05) is 99.9 Å². The maximum Gasteiger partial charge on any atom is 0.411 e. The van der Waals surface area contributed by atoms with Crippen molar-refractivity contribution in [2.45, 2.75) is 104 Å². The molecule has 2 N–H and O–H groups in total. The number of rotatable bonds is 4. The molecule has 12 heteroatoms. The third kappa shape index (κ3) is 5.87. The monoisotopic (exact) mass is 752 g/mol. The van der Waals surface area contributed by atoms with Crippen LogP contribution in [0.5, 0.6) is 0 Å². The maximum atomic E-state index is 13.3. The number of pyridine rings is 2. The summed E-state index contributed by atoms with van der Waals surface area (Å²) in [7, 11) is 0. The minimum absolute atomic E-state index is 0.141. The highest BCUT2D eigenvalue weighted by atomic mass is 16.6. The highest BCUT2D eigenvalue weighted by Crippen LogP contribution is 2.59. The number of aromatic amines is 2. The van der Waals surface area contributed by atoms with E-state index in [2.05, 4.69) is 35.9 Å². The lowest BCUT2D eigenvalue weighted by Crippen LogP contribution is -2.39. The number of carbonyl (C=O) groups is 2. The van der Waals surface area contributed by atoms with Gasteiger partial charge in [-0.05, 0) is 127 Å². The van der Waals surface area contributed by atoms with Crippen molar-refractivity contribution in [1.29, 1.82) is 0 Å². The van der Waals surface area contributed by atoms with Crippen LogP contribution < -0.4 is 0 Å². The van der Waals surface area contributed by atoms with Crippen molar-refractivity contribution in [2.75, 3.05) is 0 Å². The van der Waals surface area contributed by atoms with E-state index in [1.54, 1.807) is 0 Å². The predicted octanol–water partition coefficient (Wildman–Crippen LogP) is 9.35. The van der Waals surface area contributed by atoms with Gasteiger partial charge in [0.15, 0.2) is 0 Å². The van der Waals surface area contributed by atoms with Gasteiger partial charge in [-0.3, -0.25) is 9.80 Å². The molecule has 10 rings (SSSR count). The molecule has 4 aliphatic rings. The molecule has 2 saturated carbocycles. The van der Waals surface area contributed by atoms with Crippen molar-refractivity contribution in [3.05, 3.63) is 72.3 Å². The van der Waals surface area contributed by atoms with Gasteiger partial charge in [0.05, 0.1) is 56.6 Å². The van der Waals surface area contributed by atoms with Gasteiger partial charge in [-0.15, -0.1) is 0 Å². The number of imidazole rings is 2. The molecule has 2 saturated heterocycles. The number of H-pyrrole nitrogens is 2. The number of benzene rings is 2. The van der Waals surface area contributed by atoms with Crippen LogP contribution in [0.3, 0.4) is 0 Å². The standard InChI is InChI=1S/C44H48N8O4/c1-21-25-19-35(51(37(21)25)41(53)55-43(3,4)5)39-47-31-11-9-23(17-33(31)49-39)27-13-15-30-29(45-27)16-14-28(46-30)24-10-12-32-34(18-24)50-40(48-32)36-20-26-22(2)38(26)52(36)42(54)56-44(6,7)8/h9-18,21-22,25-26,35-38H,19-20H2,1-8H3,(H,47,49)(H,48,50)/t21-,22-,25+,26+,35+,36+,37-,38-/m1/s1. The topological polar surface area (TPSA) is 142 Å². The second kappa shape index (κ2) is 12.0. The molecule has 6 heterocycles. The summed E-state index contributed by atoms with van der Waals surface area (Å²) in [6, 6.07) is 20.4. The minimum atomic E-state index is -0.562. The molecule has 12 nitrogen and oxygen atoms in total. The predicted molar refractivity (Wildman–Crippen MR) is 213 cm³/mol. The van der Waals surface area contributed by atoms with Crippen molar-refractivity contribution in [3.8, 4) is 22.5 Å². The van der Waals surface area contributed by atoms with Gasteiger partial charge in [-0.2, -0.15) is 0 Å². The van der Waals surface area contributed by atoms with Crippen LogP contribution >= 0.6 is 0 Å². The minimum Gasteiger partial charge on any atom is -0.444 e. The Balaban J connectivity index is 0.885. The van der Waals surface area contributed by atoms with Gasteiger partial charge in [0, 0.05) is 23.2 Å². The van der Waals surface area contributed by atoms with Gasteiger partial charge in [0.1, 0.15) is 22.9 Å². The van der Waals surface area contributed by atoms with E-state index >= 15 is 0 Å². The van der Waals surface area contributed by atoms with E-state index < -0.39 is 11.2 Å². The molecule has 288 valence electrons. The van der Waals surface area contributed by atoms with Crippen LogP contribution in [0.1, 0.15) is 92.0 Å². The Morgan fingerprint density at radius 3 is 1.38 bits per heavy atom. The molecule has 2 amide bonds. The smallest absolute Gasteiger partial charge is 0.411 e. The third-order valence-corrected chi connectivity index (χ3v) is 12.3. The Morgan fingerprint density at radius 1 is 0.589 bits per heavy atom. The van der Waals surface area contributed by atoms with Crippen LogP contribution in [-0.2, 0) is 9.47 Å². The van der Waals surface area contributed by atoms with Gasteiger partial charge < -0.3 is 19.4 Å². The van der Waals surface area contributed by atoms with Crippen molar-refractivity contribution in [1.82, 2.24) is 39.7 Å². The van der Waals surface area contributed by atoms with Gasteiger partial charge in [-0.25, -0.2) is 29.5 Å². The number of fused-ring (bicyclic) bond motifs is 5. The number of likely N-dealkylation sites (tertiary alicyclic amines) is 2. The first-order valence-electron chi connectivity index (χ1n) is 19.9. The number of hydrogen-bond acceptors (Lipinski definition) is 8. The molecule has 0 spiro atoms. The highest BCUT2D eigenvalue weighted by molar-refractivity contribution is 5.86. The lowest BCUT2D eigenvalue weighted by atomic mass is 10.1. The molecular weight excluding hydrogens is 705 g/mol. The zero-order valence-electron chi connectivity index (χ0n) is 33.1. The van der Waals surface area contributed by atoms with Gasteiger partial charge in [0.2, 0.25) is 0 Å². The van der Waals surface area contributed by atoms with Crippen molar-refractivity contribution >= 4 is 45.3 Å². The summed E-state index contributed by atoms with van der Waals surface area (Å²) in [5, 5.41) is 0. The molecule has 4 fully saturated rings. The molecule has 8 atom stereocenters. The average Bonchev–Trinajstić information content (AvgIpc) is 3.61. The van der Waals surface area contributed by atoms with Crippen molar-refractivity contribution < 1.29 is 19.1 Å². The first-order valence-corrected chi connectivity index (χ1v) is 19.9. The SMILES string of the molecule is C[C@@H]1[C@@H]2C[C@@H](c3nc4ccc(-c5ccc6nc(-c7ccc8nc([C@@H]9C[C@H]%10[C@@H](C)[C@H]%10N9C(=O)OC(C)(C)C)[nH]c8c7)ccc6n5)cc4[nH]3)N(C(=O)OC(C)(C)C)[C@H]12. The maximum absolute atomic E-state index is 13.3. The molecular formula is C44H48N8O4. The molecule has 2 aromatic carbocycles. The summed E-state index contributed by atoms with van der Waals surface area (Å²) in [6.07, 6.45) is 1.22. The fraction of sp³-hybridized carbons (Fsp3) is 0.455. The van der Waals surface area contributed by atoms with Crippen LogP contribution in [0.4, 0.5) is 9.59 Å². The number of amides is 2. The molecule has 0 radical (unpaired) electrons. The fourth-order valence-electron chi connectivity index (χ4n) is 9.47. The van der Waals surface area contributed by atoms with Crippen molar-refractivity contribution in [2.24, 2.45) is 23.7 Å². The normalized spacial score (nSPS) is 26.9. The lowest BCUT2D eigenvalue weighted by Gasteiger charge is -2.30. The molecule has 4 aromatic heterocycles. The third-order valence-electron chi connectivity index (χ3n) is 12.3. The van der Waals surface area contributed by atoms with Gasteiger partial charge in [0.25, 0.3) is 0 Å². The quantitative estimate of drug-likeness (QED) is 0.181. The van der Waals surface area contributed by atoms with Crippen LogP contribution in [0.15, 0.2) is 60.7 Å². The summed E-state index contributed by atoms with van der Waals surface area (Å²) in [5.41, 5.74) is 7.57.